The van der Waals surface area contributed by atoms with Gasteiger partial charge in [0.15, 0.2) is 5.56 Å². The zero-order valence-electron chi connectivity index (χ0n) is 14.9. The van der Waals surface area contributed by atoms with Gasteiger partial charge in [0.1, 0.15) is 5.60 Å². The molecule has 1 aromatic carbocycles. The molecule has 138 valence electrons. The molecular weight excluding hydrogens is 406 g/mol. The lowest BCUT2D eigenvalue weighted by molar-refractivity contribution is 0.0169. The van der Waals surface area contributed by atoms with Crippen LogP contribution < -0.4 is 0 Å². The molecule has 2 unspecified atom stereocenters. The summed E-state index contributed by atoms with van der Waals surface area (Å²) in [5, 5.41) is 0. The van der Waals surface area contributed by atoms with Crippen LogP contribution in [0.1, 0.15) is 44.7 Å². The summed E-state index contributed by atoms with van der Waals surface area (Å²) in [5.74, 6) is 0.952. The van der Waals surface area contributed by atoms with E-state index in [0.29, 0.717) is 11.8 Å². The summed E-state index contributed by atoms with van der Waals surface area (Å²) < 4.78 is 12.5. The monoisotopic (exact) mass is 429 g/mol. The Labute approximate surface area is 162 Å². The normalized spacial score (nSPS) is 27.2. The average molecular weight is 431 g/mol. The number of rotatable bonds is 3. The van der Waals surface area contributed by atoms with Crippen LogP contribution in [0.3, 0.4) is 0 Å². The maximum absolute atomic E-state index is 12.2. The van der Waals surface area contributed by atoms with E-state index in [4.69, 9.17) is 21.1 Å². The third-order valence-corrected chi connectivity index (χ3v) is 5.63. The maximum Gasteiger partial charge on any atom is 0.410 e. The van der Waals surface area contributed by atoms with Crippen LogP contribution >= 0.6 is 27.5 Å². The van der Waals surface area contributed by atoms with Gasteiger partial charge in [-0.05, 0) is 63.1 Å². The fraction of sp³-hybridized carbons (Fsp3) is 0.632. The van der Waals surface area contributed by atoms with Crippen LogP contribution in [0, 0.1) is 11.8 Å². The molecule has 2 aliphatic rings. The highest BCUT2D eigenvalue weighted by molar-refractivity contribution is 9.10. The first-order valence-corrected chi connectivity index (χ1v) is 9.97. The van der Waals surface area contributed by atoms with Crippen LogP contribution in [-0.4, -0.2) is 35.8 Å². The van der Waals surface area contributed by atoms with Crippen LogP contribution in [0.4, 0.5) is 4.79 Å². The lowest BCUT2D eigenvalue weighted by Gasteiger charge is -2.25. The molecule has 0 N–H and O–H groups in total. The SMILES string of the molecule is CC(C)(C)OC(=O)N1C[C@H]2CC(OC(Cl)c3cccc(Br)c3)C[C@H]2C1. The molecule has 1 saturated carbocycles. The van der Waals surface area contributed by atoms with E-state index < -0.39 is 11.2 Å². The van der Waals surface area contributed by atoms with E-state index in [-0.39, 0.29) is 12.2 Å². The van der Waals surface area contributed by atoms with Gasteiger partial charge in [0.05, 0.1) is 6.10 Å². The number of halogens is 2. The van der Waals surface area contributed by atoms with E-state index in [1.807, 2.05) is 49.9 Å². The van der Waals surface area contributed by atoms with Gasteiger partial charge in [-0.25, -0.2) is 4.79 Å². The third kappa shape index (κ3) is 4.89. The predicted molar refractivity (Wildman–Crippen MR) is 102 cm³/mol. The molecule has 0 radical (unpaired) electrons. The van der Waals surface area contributed by atoms with E-state index in [9.17, 15) is 4.79 Å². The van der Waals surface area contributed by atoms with Gasteiger partial charge < -0.3 is 14.4 Å². The van der Waals surface area contributed by atoms with Gasteiger partial charge in [0.25, 0.3) is 0 Å². The van der Waals surface area contributed by atoms with Crippen LogP contribution in [0.25, 0.3) is 0 Å². The Morgan fingerprint density at radius 3 is 2.48 bits per heavy atom. The molecule has 0 aromatic heterocycles. The van der Waals surface area contributed by atoms with E-state index >= 15 is 0 Å². The standard InChI is InChI=1S/C19H25BrClNO3/c1-19(2,3)25-18(23)22-10-13-8-16(9-14(13)11-22)24-17(21)12-5-4-6-15(20)7-12/h4-7,13-14,16-17H,8-11H2,1-3H3/t13-,14+,16?,17?. The van der Waals surface area contributed by atoms with Crippen molar-refractivity contribution >= 4 is 33.6 Å². The number of amides is 1. The first-order valence-electron chi connectivity index (χ1n) is 8.74. The number of hydrogen-bond donors (Lipinski definition) is 0. The molecule has 6 heteroatoms. The van der Waals surface area contributed by atoms with E-state index in [1.54, 1.807) is 0 Å². The minimum Gasteiger partial charge on any atom is -0.444 e. The number of fused-ring (bicyclic) bond motifs is 1. The molecule has 1 aliphatic heterocycles. The molecule has 0 spiro atoms. The second-order valence-corrected chi connectivity index (χ2v) is 9.32. The molecule has 4 nitrogen and oxygen atoms in total. The van der Waals surface area contributed by atoms with Crippen molar-refractivity contribution in [3.8, 4) is 0 Å². The second kappa shape index (κ2) is 7.45. The van der Waals surface area contributed by atoms with Gasteiger partial charge in [-0.15, -0.1) is 0 Å². The largest absolute Gasteiger partial charge is 0.444 e. The van der Waals surface area contributed by atoms with Crippen LogP contribution in [0.2, 0.25) is 0 Å². The minimum absolute atomic E-state index is 0.150. The lowest BCUT2D eigenvalue weighted by atomic mass is 10.0. The molecule has 3 rings (SSSR count). The number of carbonyl (C=O) groups excluding carboxylic acids is 1. The zero-order chi connectivity index (χ0) is 18.2. The number of nitrogens with zero attached hydrogens (tertiary/aromatic N) is 1. The van der Waals surface area contributed by atoms with Gasteiger partial charge in [-0.1, -0.05) is 39.7 Å². The van der Waals surface area contributed by atoms with E-state index in [0.717, 1.165) is 36.0 Å². The summed E-state index contributed by atoms with van der Waals surface area (Å²) in [4.78, 5) is 14.1. The van der Waals surface area contributed by atoms with Crippen LogP contribution in [0.15, 0.2) is 28.7 Å². The molecular formula is C19H25BrClNO3. The first kappa shape index (κ1) is 19.0. The molecule has 1 aromatic rings. The smallest absolute Gasteiger partial charge is 0.410 e. The summed E-state index contributed by atoms with van der Waals surface area (Å²) in [6.45, 7) is 7.20. The molecule has 1 amide bonds. The van der Waals surface area contributed by atoms with Crippen molar-refractivity contribution in [3.63, 3.8) is 0 Å². The molecule has 4 atom stereocenters. The van der Waals surface area contributed by atoms with E-state index in [1.165, 1.54) is 0 Å². The summed E-state index contributed by atoms with van der Waals surface area (Å²) in [6.07, 6.45) is 1.84. The highest BCUT2D eigenvalue weighted by atomic mass is 79.9. The van der Waals surface area contributed by atoms with Crippen molar-refractivity contribution in [2.24, 2.45) is 11.8 Å². The topological polar surface area (TPSA) is 38.8 Å². The number of likely N-dealkylation sites (tertiary alicyclic amines) is 1. The van der Waals surface area contributed by atoms with Crippen LogP contribution in [0.5, 0.6) is 0 Å². The summed E-state index contributed by atoms with van der Waals surface area (Å²) >= 11 is 9.90. The Kier molecular flexibility index (Phi) is 5.66. The predicted octanol–water partition coefficient (Wildman–Crippen LogP) is 5.35. The Morgan fingerprint density at radius 2 is 1.92 bits per heavy atom. The molecule has 2 fully saturated rings. The lowest BCUT2D eigenvalue weighted by Crippen LogP contribution is -2.36. The number of hydrogen-bond acceptors (Lipinski definition) is 3. The Hall–Kier alpha value is -0.780. The first-order chi connectivity index (χ1) is 11.7. The number of ether oxygens (including phenoxy) is 2. The fourth-order valence-electron chi connectivity index (χ4n) is 3.73. The number of benzene rings is 1. The van der Waals surface area contributed by atoms with Crippen molar-refractivity contribution in [3.05, 3.63) is 34.3 Å². The van der Waals surface area contributed by atoms with Crippen molar-refractivity contribution in [1.29, 1.82) is 0 Å². The second-order valence-electron chi connectivity index (χ2n) is 8.01. The quantitative estimate of drug-likeness (QED) is 0.607. The number of carbonyl (C=O) groups is 1. The van der Waals surface area contributed by atoms with Crippen molar-refractivity contribution in [2.45, 2.75) is 50.9 Å². The fourth-order valence-corrected chi connectivity index (χ4v) is 4.42. The average Bonchev–Trinajstić information content (AvgIpc) is 3.03. The van der Waals surface area contributed by atoms with Gasteiger partial charge in [0, 0.05) is 17.6 Å². The molecule has 0 bridgehead atoms. The summed E-state index contributed by atoms with van der Waals surface area (Å²) in [6, 6.07) is 7.89. The Morgan fingerprint density at radius 1 is 1.28 bits per heavy atom. The zero-order valence-corrected chi connectivity index (χ0v) is 17.2. The van der Waals surface area contributed by atoms with Gasteiger partial charge in [-0.3, -0.25) is 0 Å². The third-order valence-electron chi connectivity index (χ3n) is 4.78. The van der Waals surface area contributed by atoms with Crippen molar-refractivity contribution < 1.29 is 14.3 Å². The molecule has 1 heterocycles. The number of alkyl halides is 1. The van der Waals surface area contributed by atoms with Crippen LogP contribution in [-0.2, 0) is 9.47 Å². The minimum atomic E-state index is -0.448. The Balaban J connectivity index is 1.51. The highest BCUT2D eigenvalue weighted by Crippen LogP contribution is 2.42. The van der Waals surface area contributed by atoms with Gasteiger partial charge in [0.2, 0.25) is 0 Å². The molecule has 1 saturated heterocycles. The maximum atomic E-state index is 12.2. The van der Waals surface area contributed by atoms with E-state index in [2.05, 4.69) is 15.9 Å². The summed E-state index contributed by atoms with van der Waals surface area (Å²) in [7, 11) is 0. The molecule has 1 aliphatic carbocycles. The van der Waals surface area contributed by atoms with Gasteiger partial charge >= 0.3 is 6.09 Å². The van der Waals surface area contributed by atoms with Gasteiger partial charge in [-0.2, -0.15) is 0 Å². The van der Waals surface area contributed by atoms with Crippen molar-refractivity contribution in [2.75, 3.05) is 13.1 Å². The summed E-state index contributed by atoms with van der Waals surface area (Å²) in [5.41, 5.74) is 0.0720. The Bertz CT molecular complexity index is 619. The molecule has 25 heavy (non-hydrogen) atoms. The highest BCUT2D eigenvalue weighted by Gasteiger charge is 2.44. The van der Waals surface area contributed by atoms with Crippen molar-refractivity contribution in [1.82, 2.24) is 4.90 Å².